The van der Waals surface area contributed by atoms with Crippen LogP contribution in [-0.4, -0.2) is 46.3 Å². The van der Waals surface area contributed by atoms with Crippen LogP contribution in [0.4, 0.5) is 5.69 Å². The van der Waals surface area contributed by atoms with Gasteiger partial charge in [0.25, 0.3) is 0 Å². The van der Waals surface area contributed by atoms with E-state index in [9.17, 15) is 4.79 Å². The van der Waals surface area contributed by atoms with E-state index in [0.717, 1.165) is 31.0 Å². The average Bonchev–Trinajstić information content (AvgIpc) is 3.17. The highest BCUT2D eigenvalue weighted by molar-refractivity contribution is 6.30. The molecule has 1 aliphatic rings. The van der Waals surface area contributed by atoms with Gasteiger partial charge in [0.1, 0.15) is 11.6 Å². The second kappa shape index (κ2) is 7.09. The van der Waals surface area contributed by atoms with Crippen LogP contribution in [0.3, 0.4) is 0 Å². The van der Waals surface area contributed by atoms with E-state index in [1.165, 1.54) is 0 Å². The molecule has 0 atom stereocenters. The van der Waals surface area contributed by atoms with Gasteiger partial charge in [-0.15, -0.1) is 10.2 Å². The fourth-order valence-electron chi connectivity index (χ4n) is 2.75. The summed E-state index contributed by atoms with van der Waals surface area (Å²) in [6.07, 6.45) is 2.05. The molecule has 1 aromatic carbocycles. The number of carbonyl (C=O) groups is 1. The minimum atomic E-state index is -0.0487. The molecule has 0 spiro atoms. The lowest BCUT2D eigenvalue weighted by Gasteiger charge is -2.18. The smallest absolute Gasteiger partial charge is 0.242 e. The van der Waals surface area contributed by atoms with Crippen LogP contribution in [0.25, 0.3) is 0 Å². The summed E-state index contributed by atoms with van der Waals surface area (Å²) in [5.74, 6) is 2.43. The fraction of sp³-hybridized carbons (Fsp3) is 0.438. The molecule has 2 aromatic rings. The van der Waals surface area contributed by atoms with Crippen LogP contribution in [0.2, 0.25) is 5.02 Å². The number of hydrogen-bond acceptors (Lipinski definition) is 5. The van der Waals surface area contributed by atoms with Crippen LogP contribution in [0, 0.1) is 0 Å². The first-order chi connectivity index (χ1) is 11.6. The summed E-state index contributed by atoms with van der Waals surface area (Å²) >= 11 is 5.99. The Morgan fingerprint density at radius 3 is 3.08 bits per heavy atom. The van der Waals surface area contributed by atoms with E-state index in [4.69, 9.17) is 16.3 Å². The first kappa shape index (κ1) is 16.6. The second-order valence-electron chi connectivity index (χ2n) is 5.74. The van der Waals surface area contributed by atoms with Crippen LogP contribution >= 0.6 is 11.6 Å². The van der Waals surface area contributed by atoms with Crippen LogP contribution in [0.1, 0.15) is 18.1 Å². The number of fused-ring (bicyclic) bond motifs is 1. The maximum atomic E-state index is 12.4. The van der Waals surface area contributed by atoms with Gasteiger partial charge in [0.2, 0.25) is 5.91 Å². The number of carbonyl (C=O) groups excluding carboxylic acids is 1. The summed E-state index contributed by atoms with van der Waals surface area (Å²) in [7, 11) is 3.34. The van der Waals surface area contributed by atoms with Gasteiger partial charge in [-0.3, -0.25) is 4.79 Å². The zero-order valence-corrected chi connectivity index (χ0v) is 14.5. The lowest BCUT2D eigenvalue weighted by molar-refractivity contribution is -0.128. The highest BCUT2D eigenvalue weighted by Crippen LogP contribution is 2.27. The summed E-state index contributed by atoms with van der Waals surface area (Å²) in [5.41, 5.74) is 0.690. The summed E-state index contributed by atoms with van der Waals surface area (Å²) in [4.78, 5) is 14.0. The van der Waals surface area contributed by atoms with Crippen LogP contribution in [-0.2, 0) is 24.3 Å². The van der Waals surface area contributed by atoms with E-state index in [2.05, 4.69) is 20.1 Å². The van der Waals surface area contributed by atoms with E-state index in [0.29, 0.717) is 23.0 Å². The van der Waals surface area contributed by atoms with Gasteiger partial charge in [-0.25, -0.2) is 0 Å². The molecule has 0 saturated carbocycles. The average molecular weight is 350 g/mol. The third kappa shape index (κ3) is 3.46. The largest absolute Gasteiger partial charge is 0.495 e. The van der Waals surface area contributed by atoms with Crippen molar-refractivity contribution in [3.63, 3.8) is 0 Å². The molecule has 0 radical (unpaired) electrons. The molecular formula is C16H20ClN5O2. The van der Waals surface area contributed by atoms with Gasteiger partial charge < -0.3 is 19.5 Å². The van der Waals surface area contributed by atoms with Crippen molar-refractivity contribution in [3.8, 4) is 5.75 Å². The van der Waals surface area contributed by atoms with Gasteiger partial charge in [0.05, 0.1) is 25.9 Å². The number of likely N-dealkylation sites (N-methyl/N-ethyl adjacent to an activating group) is 1. The molecule has 0 fully saturated rings. The van der Waals surface area contributed by atoms with Crippen molar-refractivity contribution < 1.29 is 9.53 Å². The number of aromatic nitrogens is 3. The Hall–Kier alpha value is -2.28. The Morgan fingerprint density at radius 2 is 2.29 bits per heavy atom. The van der Waals surface area contributed by atoms with Crippen molar-refractivity contribution in [3.05, 3.63) is 34.9 Å². The van der Waals surface area contributed by atoms with Gasteiger partial charge in [-0.05, 0) is 24.6 Å². The lowest BCUT2D eigenvalue weighted by atomic mass is 10.3. The molecule has 128 valence electrons. The number of methoxy groups -OCH3 is 1. The Morgan fingerprint density at radius 1 is 1.46 bits per heavy atom. The minimum Gasteiger partial charge on any atom is -0.495 e. The van der Waals surface area contributed by atoms with Gasteiger partial charge in [0.15, 0.2) is 5.82 Å². The maximum Gasteiger partial charge on any atom is 0.242 e. The Kier molecular flexibility index (Phi) is 4.89. The molecular weight excluding hydrogens is 330 g/mol. The quantitative estimate of drug-likeness (QED) is 0.863. The topological polar surface area (TPSA) is 72.3 Å². The summed E-state index contributed by atoms with van der Waals surface area (Å²) in [6.45, 7) is 1.52. The molecule has 24 heavy (non-hydrogen) atoms. The van der Waals surface area contributed by atoms with Crippen molar-refractivity contribution in [1.29, 1.82) is 0 Å². The molecule has 1 aliphatic heterocycles. The summed E-state index contributed by atoms with van der Waals surface area (Å²) in [5, 5.41) is 12.0. The molecule has 1 aromatic heterocycles. The Balaban J connectivity index is 1.59. The van der Waals surface area contributed by atoms with Crippen LogP contribution < -0.4 is 10.1 Å². The predicted octanol–water partition coefficient (Wildman–Crippen LogP) is 1.96. The molecule has 0 unspecified atom stereocenters. The van der Waals surface area contributed by atoms with Gasteiger partial charge >= 0.3 is 0 Å². The number of nitrogens with zero attached hydrogens (tertiary/aromatic N) is 4. The number of hydrogen-bond donors (Lipinski definition) is 1. The van der Waals surface area contributed by atoms with Gasteiger partial charge in [-0.1, -0.05) is 11.6 Å². The number of amides is 1. The predicted molar refractivity (Wildman–Crippen MR) is 91.3 cm³/mol. The molecule has 0 saturated heterocycles. The monoisotopic (exact) mass is 349 g/mol. The molecule has 2 heterocycles. The van der Waals surface area contributed by atoms with Crippen molar-refractivity contribution in [2.24, 2.45) is 0 Å². The van der Waals surface area contributed by atoms with Crippen LogP contribution in [0.5, 0.6) is 5.75 Å². The number of anilines is 1. The van der Waals surface area contributed by atoms with Crippen molar-refractivity contribution >= 4 is 23.2 Å². The molecule has 1 N–H and O–H groups in total. The summed E-state index contributed by atoms with van der Waals surface area (Å²) in [6, 6.07) is 5.24. The van der Waals surface area contributed by atoms with Crippen LogP contribution in [0.15, 0.2) is 18.2 Å². The van der Waals surface area contributed by atoms with Crippen molar-refractivity contribution in [2.45, 2.75) is 25.9 Å². The molecule has 0 bridgehead atoms. The van der Waals surface area contributed by atoms with Crippen molar-refractivity contribution in [2.75, 3.05) is 26.0 Å². The second-order valence-corrected chi connectivity index (χ2v) is 6.17. The number of aryl methyl sites for hydroxylation is 1. The number of halogens is 1. The normalized spacial score (nSPS) is 12.8. The first-order valence-corrected chi connectivity index (χ1v) is 8.18. The minimum absolute atomic E-state index is 0.0487. The van der Waals surface area contributed by atoms with E-state index in [-0.39, 0.29) is 12.5 Å². The zero-order chi connectivity index (χ0) is 17.1. The molecule has 0 aliphatic carbocycles. The summed E-state index contributed by atoms with van der Waals surface area (Å²) < 4.78 is 7.36. The molecule has 7 nitrogen and oxygen atoms in total. The third-order valence-corrected chi connectivity index (χ3v) is 4.32. The van der Waals surface area contributed by atoms with E-state index < -0.39 is 0 Å². The fourth-order valence-corrected chi connectivity index (χ4v) is 2.92. The Bertz CT molecular complexity index is 746. The molecule has 1 amide bonds. The SMILES string of the molecule is COc1ccc(Cl)cc1NCC(=O)N(C)Cc1nnc2n1CCC2. The van der Waals surface area contributed by atoms with E-state index in [1.807, 2.05) is 0 Å². The third-order valence-electron chi connectivity index (χ3n) is 4.08. The van der Waals surface area contributed by atoms with Gasteiger partial charge in [0, 0.05) is 25.0 Å². The van der Waals surface area contributed by atoms with E-state index >= 15 is 0 Å². The first-order valence-electron chi connectivity index (χ1n) is 7.81. The highest BCUT2D eigenvalue weighted by atomic mass is 35.5. The highest BCUT2D eigenvalue weighted by Gasteiger charge is 2.20. The van der Waals surface area contributed by atoms with Gasteiger partial charge in [-0.2, -0.15) is 0 Å². The standard InChI is InChI=1S/C16H20ClN5O2/c1-21(10-15-20-19-14-4-3-7-22(14)15)16(23)9-18-12-8-11(17)5-6-13(12)24-2/h5-6,8,18H,3-4,7,9-10H2,1-2H3. The zero-order valence-electron chi connectivity index (χ0n) is 13.8. The Labute approximate surface area is 145 Å². The van der Waals surface area contributed by atoms with E-state index in [1.54, 1.807) is 37.3 Å². The maximum absolute atomic E-state index is 12.4. The number of rotatable bonds is 6. The lowest BCUT2D eigenvalue weighted by Crippen LogP contribution is -2.32. The number of ether oxygens (including phenoxy) is 1. The van der Waals surface area contributed by atoms with Crippen molar-refractivity contribution in [1.82, 2.24) is 19.7 Å². The number of benzene rings is 1. The number of nitrogens with one attached hydrogen (secondary N) is 1. The molecule has 3 rings (SSSR count). The molecule has 8 heteroatoms.